The van der Waals surface area contributed by atoms with Crippen molar-refractivity contribution in [2.75, 3.05) is 19.6 Å². The number of aryl methyl sites for hydroxylation is 1. The molecular formula is C24H30ClN5O5S. The monoisotopic (exact) mass is 535 g/mol. The molecule has 3 aliphatic rings. The molecule has 0 spiro atoms. The van der Waals surface area contributed by atoms with Crippen LogP contribution in [0.15, 0.2) is 24.3 Å². The highest BCUT2D eigenvalue weighted by atomic mass is 35.5. The lowest BCUT2D eigenvalue weighted by molar-refractivity contribution is 0.0724. The Balaban J connectivity index is 1.32. The van der Waals surface area contributed by atoms with Gasteiger partial charge in [-0.1, -0.05) is 23.7 Å². The lowest BCUT2D eigenvalue weighted by Crippen LogP contribution is -2.52. The summed E-state index contributed by atoms with van der Waals surface area (Å²) in [5.41, 5.74) is 7.54. The van der Waals surface area contributed by atoms with Gasteiger partial charge in [-0.3, -0.25) is 14.3 Å². The van der Waals surface area contributed by atoms with Crippen molar-refractivity contribution in [2.24, 2.45) is 12.8 Å². The van der Waals surface area contributed by atoms with Crippen LogP contribution in [0, 0.1) is 0 Å². The number of carbonyl (C=O) groups is 2. The van der Waals surface area contributed by atoms with Gasteiger partial charge in [0, 0.05) is 43.8 Å². The number of amides is 2. The lowest BCUT2D eigenvalue weighted by atomic mass is 10.0. The topological polar surface area (TPSA) is 148 Å². The summed E-state index contributed by atoms with van der Waals surface area (Å²) in [5.74, 6) is -0.718. The van der Waals surface area contributed by atoms with Crippen LogP contribution in [0.25, 0.3) is 0 Å². The largest absolute Gasteiger partial charge is 0.390 e. The fourth-order valence-corrected chi connectivity index (χ4v) is 8.37. The molecule has 2 heterocycles. The van der Waals surface area contributed by atoms with E-state index in [2.05, 4.69) is 10.4 Å². The normalized spacial score (nSPS) is 20.6. The molecule has 2 fully saturated rings. The molecule has 4 N–H and O–H groups in total. The fraction of sp³-hybridized carbons (Fsp3) is 0.542. The molecule has 1 atom stereocenters. The van der Waals surface area contributed by atoms with Crippen LogP contribution < -0.4 is 11.1 Å². The predicted molar refractivity (Wildman–Crippen MR) is 133 cm³/mol. The summed E-state index contributed by atoms with van der Waals surface area (Å²) in [6.07, 6.45) is 0.983. The minimum absolute atomic E-state index is 0.0654. The van der Waals surface area contributed by atoms with Crippen molar-refractivity contribution in [1.82, 2.24) is 20.0 Å². The number of carbonyl (C=O) groups excluding carboxylic acids is 2. The van der Waals surface area contributed by atoms with Gasteiger partial charge in [0.15, 0.2) is 15.5 Å². The number of halogens is 1. The zero-order valence-electron chi connectivity index (χ0n) is 20.0. The standard InChI is InChI=1S/C24H30ClN5O5S/c1-29-20-17(19(28-29)21(32)27-13-15-2-4-16(25)5-3-15)6-11-30(22(20)33)14-23(7-8-23)36(34,35)24(9-10-24)18(31)12-26/h2-5,18,31H,6-14,26H2,1H3,(H,27,32). The maximum Gasteiger partial charge on any atom is 0.272 e. The number of fused-ring (bicyclic) bond motifs is 1. The van der Waals surface area contributed by atoms with Crippen molar-refractivity contribution >= 4 is 33.3 Å². The van der Waals surface area contributed by atoms with Crippen LogP contribution in [0.4, 0.5) is 0 Å². The SMILES string of the molecule is Cn1nc(C(=O)NCc2ccc(Cl)cc2)c2c1C(=O)N(CC1(S(=O)(=O)C3(C(O)CN)CC3)CC1)CC2. The molecule has 2 aliphatic carbocycles. The number of nitrogens with one attached hydrogen (secondary N) is 1. The summed E-state index contributed by atoms with van der Waals surface area (Å²) in [4.78, 5) is 27.9. The second kappa shape index (κ2) is 8.83. The molecule has 0 radical (unpaired) electrons. The average molecular weight is 536 g/mol. The third kappa shape index (κ3) is 3.93. The summed E-state index contributed by atoms with van der Waals surface area (Å²) in [5, 5.41) is 18.1. The van der Waals surface area contributed by atoms with Gasteiger partial charge in [-0.15, -0.1) is 0 Å². The van der Waals surface area contributed by atoms with Gasteiger partial charge < -0.3 is 21.1 Å². The van der Waals surface area contributed by atoms with Crippen LogP contribution in [-0.2, 0) is 29.9 Å². The molecule has 2 amide bonds. The van der Waals surface area contributed by atoms with E-state index in [-0.39, 0.29) is 37.1 Å². The number of benzene rings is 1. The summed E-state index contributed by atoms with van der Waals surface area (Å²) >= 11 is 5.91. The number of aliphatic hydroxyl groups is 1. The predicted octanol–water partition coefficient (Wildman–Crippen LogP) is 0.801. The molecule has 12 heteroatoms. The van der Waals surface area contributed by atoms with E-state index >= 15 is 0 Å². The average Bonchev–Trinajstić information content (AvgIpc) is 3.78. The first-order valence-corrected chi connectivity index (χ1v) is 13.9. The number of rotatable bonds is 9. The quantitative estimate of drug-likeness (QED) is 0.430. The van der Waals surface area contributed by atoms with Gasteiger partial charge in [-0.2, -0.15) is 5.10 Å². The Bertz CT molecular complexity index is 1320. The molecule has 0 saturated heterocycles. The molecule has 194 valence electrons. The highest BCUT2D eigenvalue weighted by Gasteiger charge is 2.70. The zero-order valence-corrected chi connectivity index (χ0v) is 21.6. The minimum Gasteiger partial charge on any atom is -0.390 e. The summed E-state index contributed by atoms with van der Waals surface area (Å²) in [6, 6.07) is 7.12. The van der Waals surface area contributed by atoms with E-state index in [1.165, 1.54) is 4.68 Å². The van der Waals surface area contributed by atoms with Crippen LogP contribution >= 0.6 is 11.6 Å². The van der Waals surface area contributed by atoms with E-state index in [1.54, 1.807) is 24.1 Å². The van der Waals surface area contributed by atoms with Gasteiger partial charge in [0.25, 0.3) is 11.8 Å². The van der Waals surface area contributed by atoms with Gasteiger partial charge in [0.1, 0.15) is 10.4 Å². The first kappa shape index (κ1) is 25.2. The van der Waals surface area contributed by atoms with Crippen molar-refractivity contribution < 1.29 is 23.1 Å². The van der Waals surface area contributed by atoms with Crippen LogP contribution in [0.2, 0.25) is 5.02 Å². The van der Waals surface area contributed by atoms with E-state index in [4.69, 9.17) is 17.3 Å². The maximum atomic E-state index is 13.6. The summed E-state index contributed by atoms with van der Waals surface area (Å²) < 4.78 is 26.3. The molecule has 1 aromatic heterocycles. The molecule has 5 rings (SSSR count). The van der Waals surface area contributed by atoms with Gasteiger partial charge in [-0.05, 0) is 49.8 Å². The Hall–Kier alpha value is -2.47. The number of hydrogen-bond acceptors (Lipinski definition) is 7. The fourth-order valence-electron chi connectivity index (χ4n) is 5.32. The van der Waals surface area contributed by atoms with E-state index < -0.39 is 25.4 Å². The number of nitrogens with zero attached hydrogens (tertiary/aromatic N) is 3. The van der Waals surface area contributed by atoms with E-state index in [0.29, 0.717) is 54.9 Å². The van der Waals surface area contributed by atoms with Crippen molar-refractivity contribution in [3.8, 4) is 0 Å². The van der Waals surface area contributed by atoms with E-state index in [9.17, 15) is 23.1 Å². The third-order valence-corrected chi connectivity index (χ3v) is 11.5. The second-order valence-electron chi connectivity index (χ2n) is 10.1. The van der Waals surface area contributed by atoms with Gasteiger partial charge in [-0.25, -0.2) is 8.42 Å². The van der Waals surface area contributed by atoms with Crippen molar-refractivity contribution in [3.05, 3.63) is 51.8 Å². The molecule has 2 aromatic rings. The highest BCUT2D eigenvalue weighted by Crippen LogP contribution is 2.58. The van der Waals surface area contributed by atoms with Crippen LogP contribution in [0.1, 0.15) is 57.8 Å². The first-order valence-electron chi connectivity index (χ1n) is 12.1. The lowest BCUT2D eigenvalue weighted by Gasteiger charge is -2.33. The van der Waals surface area contributed by atoms with Crippen molar-refractivity contribution in [2.45, 2.75) is 54.2 Å². The Kier molecular flexibility index (Phi) is 6.18. The van der Waals surface area contributed by atoms with Gasteiger partial charge in [0.2, 0.25) is 0 Å². The minimum atomic E-state index is -3.70. The maximum absolute atomic E-state index is 13.6. The molecule has 36 heavy (non-hydrogen) atoms. The molecular weight excluding hydrogens is 506 g/mol. The number of aliphatic hydroxyl groups excluding tert-OH is 1. The first-order chi connectivity index (χ1) is 17.0. The molecule has 0 bridgehead atoms. The van der Waals surface area contributed by atoms with Gasteiger partial charge in [0.05, 0.1) is 10.9 Å². The molecule has 2 saturated carbocycles. The second-order valence-corrected chi connectivity index (χ2v) is 13.2. The van der Waals surface area contributed by atoms with E-state index in [1.807, 2.05) is 12.1 Å². The number of aromatic nitrogens is 2. The molecule has 10 nitrogen and oxygen atoms in total. The Morgan fingerprint density at radius 2 is 1.92 bits per heavy atom. The molecule has 1 aromatic carbocycles. The smallest absolute Gasteiger partial charge is 0.272 e. The molecule has 1 unspecified atom stereocenters. The molecule has 1 aliphatic heterocycles. The van der Waals surface area contributed by atoms with Crippen molar-refractivity contribution in [1.29, 1.82) is 0 Å². The van der Waals surface area contributed by atoms with Crippen LogP contribution in [0.5, 0.6) is 0 Å². The van der Waals surface area contributed by atoms with Gasteiger partial charge >= 0.3 is 0 Å². The zero-order chi connectivity index (χ0) is 25.9. The highest BCUT2D eigenvalue weighted by molar-refractivity contribution is 7.94. The number of sulfone groups is 1. The Labute approximate surface area is 214 Å². The third-order valence-electron chi connectivity index (χ3n) is 7.81. The number of nitrogens with two attached hydrogens (primary N) is 1. The summed E-state index contributed by atoms with van der Waals surface area (Å²) in [6.45, 7) is 0.534. The number of hydrogen-bond donors (Lipinski definition) is 3. The van der Waals surface area contributed by atoms with Crippen molar-refractivity contribution in [3.63, 3.8) is 0 Å². The Morgan fingerprint density at radius 1 is 1.25 bits per heavy atom. The Morgan fingerprint density at radius 3 is 2.50 bits per heavy atom. The summed E-state index contributed by atoms with van der Waals surface area (Å²) in [7, 11) is -2.09. The van der Waals surface area contributed by atoms with Crippen LogP contribution in [-0.4, -0.2) is 75.3 Å². The van der Waals surface area contributed by atoms with E-state index in [0.717, 1.165) is 5.56 Å². The van der Waals surface area contributed by atoms with Crippen LogP contribution in [0.3, 0.4) is 0 Å².